The molecule has 0 radical (unpaired) electrons. The van der Waals surface area contributed by atoms with Gasteiger partial charge in [-0.1, -0.05) is 19.9 Å². The molecule has 3 rings (SSSR count). The first-order valence-corrected chi connectivity index (χ1v) is 8.58. The summed E-state index contributed by atoms with van der Waals surface area (Å²) < 4.78 is 0. The van der Waals surface area contributed by atoms with Crippen molar-refractivity contribution < 1.29 is 5.11 Å². The van der Waals surface area contributed by atoms with Gasteiger partial charge in [-0.15, -0.1) is 5.10 Å². The first kappa shape index (κ1) is 16.6. The van der Waals surface area contributed by atoms with Crippen molar-refractivity contribution in [3.05, 3.63) is 41.7 Å². The number of aliphatic hydroxyl groups is 1. The van der Waals surface area contributed by atoms with E-state index in [1.165, 1.54) is 0 Å². The Hall–Kier alpha value is -2.21. The lowest BCUT2D eigenvalue weighted by Gasteiger charge is -2.32. The van der Waals surface area contributed by atoms with E-state index in [9.17, 15) is 5.11 Å². The molecule has 1 saturated heterocycles. The average Bonchev–Trinajstić information content (AvgIpc) is 2.60. The largest absolute Gasteiger partial charge is 0.391 e. The summed E-state index contributed by atoms with van der Waals surface area (Å²) in [5.41, 5.74) is 2.09. The maximum absolute atomic E-state index is 9.91. The lowest BCUT2D eigenvalue weighted by Crippen LogP contribution is -2.39. The van der Waals surface area contributed by atoms with Crippen molar-refractivity contribution in [3.8, 4) is 0 Å². The number of rotatable bonds is 5. The van der Waals surface area contributed by atoms with Gasteiger partial charge in [0.1, 0.15) is 11.6 Å². The van der Waals surface area contributed by atoms with Crippen molar-refractivity contribution in [2.24, 2.45) is 0 Å². The summed E-state index contributed by atoms with van der Waals surface area (Å²) in [4.78, 5) is 6.69. The van der Waals surface area contributed by atoms with Crippen molar-refractivity contribution >= 4 is 11.6 Å². The molecule has 0 bridgehead atoms. The number of β-amino-alcohol motifs (C(OH)–C–C–N with tert-alkyl or cyclic N) is 1. The lowest BCUT2D eigenvalue weighted by molar-refractivity contribution is 0.154. The third kappa shape index (κ3) is 4.00. The van der Waals surface area contributed by atoms with Crippen LogP contribution in [0.25, 0.3) is 0 Å². The third-order valence-electron chi connectivity index (χ3n) is 4.30. The maximum atomic E-state index is 9.91. The monoisotopic (exact) mass is 327 g/mol. The summed E-state index contributed by atoms with van der Waals surface area (Å²) in [5.74, 6) is 2.07. The number of nitrogens with one attached hydrogen (secondary N) is 1. The highest BCUT2D eigenvalue weighted by atomic mass is 16.3. The minimum absolute atomic E-state index is 0.268. The van der Waals surface area contributed by atoms with Crippen molar-refractivity contribution in [2.75, 3.05) is 23.3 Å². The highest BCUT2D eigenvalue weighted by molar-refractivity contribution is 5.49. The van der Waals surface area contributed by atoms with E-state index in [2.05, 4.69) is 45.3 Å². The number of piperidine rings is 1. The molecule has 3 heterocycles. The zero-order valence-electron chi connectivity index (χ0n) is 14.3. The zero-order chi connectivity index (χ0) is 16.9. The van der Waals surface area contributed by atoms with Gasteiger partial charge in [0.05, 0.1) is 11.8 Å². The first-order valence-electron chi connectivity index (χ1n) is 8.58. The van der Waals surface area contributed by atoms with Crippen molar-refractivity contribution in [1.29, 1.82) is 0 Å². The summed E-state index contributed by atoms with van der Waals surface area (Å²) in [6, 6.07) is 7.97. The van der Waals surface area contributed by atoms with Crippen LogP contribution >= 0.6 is 0 Å². The van der Waals surface area contributed by atoms with Gasteiger partial charge < -0.3 is 15.3 Å². The Morgan fingerprint density at radius 3 is 2.88 bits per heavy atom. The van der Waals surface area contributed by atoms with E-state index in [0.717, 1.165) is 42.3 Å². The fourth-order valence-electron chi connectivity index (χ4n) is 2.93. The summed E-state index contributed by atoms with van der Waals surface area (Å²) in [6.07, 6.45) is 3.40. The van der Waals surface area contributed by atoms with E-state index in [1.807, 2.05) is 18.2 Å². The van der Waals surface area contributed by atoms with Gasteiger partial charge in [0.2, 0.25) is 0 Å². The normalized spacial score (nSPS) is 18.0. The third-order valence-corrected chi connectivity index (χ3v) is 4.30. The molecular formula is C18H25N5O. The van der Waals surface area contributed by atoms with Crippen LogP contribution in [0.1, 0.15) is 43.9 Å². The Balaban J connectivity index is 1.69. The molecule has 0 aliphatic carbocycles. The summed E-state index contributed by atoms with van der Waals surface area (Å²) in [5, 5.41) is 21.7. The van der Waals surface area contributed by atoms with Crippen LogP contribution < -0.4 is 10.2 Å². The van der Waals surface area contributed by atoms with Gasteiger partial charge in [-0.2, -0.15) is 5.10 Å². The molecule has 0 aromatic carbocycles. The Labute approximate surface area is 142 Å². The Morgan fingerprint density at radius 1 is 1.29 bits per heavy atom. The second-order valence-corrected chi connectivity index (χ2v) is 6.58. The summed E-state index contributed by atoms with van der Waals surface area (Å²) >= 11 is 0. The molecule has 1 aliphatic heterocycles. The number of aliphatic hydroxyl groups excluding tert-OH is 1. The Morgan fingerprint density at radius 2 is 2.17 bits per heavy atom. The van der Waals surface area contributed by atoms with Crippen molar-refractivity contribution in [2.45, 2.75) is 45.3 Å². The topological polar surface area (TPSA) is 74.2 Å². The van der Waals surface area contributed by atoms with Crippen LogP contribution in [0.4, 0.5) is 11.6 Å². The molecule has 24 heavy (non-hydrogen) atoms. The van der Waals surface area contributed by atoms with Crippen LogP contribution in [0.3, 0.4) is 0 Å². The Bertz CT molecular complexity index is 659. The van der Waals surface area contributed by atoms with Gasteiger partial charge in [0, 0.05) is 31.4 Å². The number of nitrogens with zero attached hydrogens (tertiary/aromatic N) is 4. The molecule has 6 nitrogen and oxygen atoms in total. The predicted molar refractivity (Wildman–Crippen MR) is 95.1 cm³/mol. The minimum atomic E-state index is -0.268. The molecule has 0 unspecified atom stereocenters. The highest BCUT2D eigenvalue weighted by Gasteiger charge is 2.20. The fourth-order valence-corrected chi connectivity index (χ4v) is 2.93. The Kier molecular flexibility index (Phi) is 5.25. The fraction of sp³-hybridized carbons (Fsp3) is 0.500. The molecule has 2 N–H and O–H groups in total. The predicted octanol–water partition coefficient (Wildman–Crippen LogP) is 2.57. The van der Waals surface area contributed by atoms with Gasteiger partial charge in [-0.3, -0.25) is 0 Å². The standard InChI is InChI=1S/C18H25N5O/c1-13(2)16-7-8-17(22-21-16)20-11-14-5-3-9-19-18(14)23-10-4-6-15(24)12-23/h3,5,7-9,13,15,24H,4,6,10-12H2,1-2H3,(H,20,22)/t15-/m0/s1. The first-order chi connectivity index (χ1) is 11.6. The summed E-state index contributed by atoms with van der Waals surface area (Å²) in [7, 11) is 0. The molecule has 1 atom stereocenters. The minimum Gasteiger partial charge on any atom is -0.391 e. The van der Waals surface area contributed by atoms with E-state index in [4.69, 9.17) is 0 Å². The van der Waals surface area contributed by atoms with Crippen LogP contribution in [0, 0.1) is 0 Å². The maximum Gasteiger partial charge on any atom is 0.148 e. The number of aromatic nitrogens is 3. The molecule has 0 amide bonds. The average molecular weight is 327 g/mol. The van der Waals surface area contributed by atoms with Gasteiger partial charge in [-0.25, -0.2) is 4.98 Å². The van der Waals surface area contributed by atoms with E-state index in [1.54, 1.807) is 6.20 Å². The smallest absolute Gasteiger partial charge is 0.148 e. The van der Waals surface area contributed by atoms with E-state index in [-0.39, 0.29) is 6.10 Å². The highest BCUT2D eigenvalue weighted by Crippen LogP contribution is 2.22. The number of hydrogen-bond donors (Lipinski definition) is 2. The number of hydrogen-bond acceptors (Lipinski definition) is 6. The number of anilines is 2. The van der Waals surface area contributed by atoms with Crippen LogP contribution in [0.2, 0.25) is 0 Å². The van der Waals surface area contributed by atoms with Crippen LogP contribution in [-0.4, -0.2) is 39.5 Å². The zero-order valence-corrected chi connectivity index (χ0v) is 14.3. The molecule has 2 aromatic heterocycles. The van der Waals surface area contributed by atoms with E-state index < -0.39 is 0 Å². The van der Waals surface area contributed by atoms with Crippen LogP contribution in [0.5, 0.6) is 0 Å². The molecule has 1 aliphatic rings. The van der Waals surface area contributed by atoms with E-state index in [0.29, 0.717) is 19.0 Å². The van der Waals surface area contributed by atoms with Gasteiger partial charge in [0.15, 0.2) is 0 Å². The van der Waals surface area contributed by atoms with Gasteiger partial charge in [0.25, 0.3) is 0 Å². The molecular weight excluding hydrogens is 302 g/mol. The summed E-state index contributed by atoms with van der Waals surface area (Å²) in [6.45, 7) is 6.42. The molecule has 6 heteroatoms. The number of pyridine rings is 1. The van der Waals surface area contributed by atoms with Crippen molar-refractivity contribution in [1.82, 2.24) is 15.2 Å². The molecule has 128 valence electrons. The van der Waals surface area contributed by atoms with Gasteiger partial charge in [-0.05, 0) is 37.0 Å². The molecule has 2 aromatic rings. The second-order valence-electron chi connectivity index (χ2n) is 6.58. The SMILES string of the molecule is CC(C)c1ccc(NCc2cccnc2N2CCC[C@H](O)C2)nn1. The van der Waals surface area contributed by atoms with Crippen LogP contribution in [0.15, 0.2) is 30.5 Å². The molecule has 0 spiro atoms. The van der Waals surface area contributed by atoms with E-state index >= 15 is 0 Å². The van der Waals surface area contributed by atoms with Crippen molar-refractivity contribution in [3.63, 3.8) is 0 Å². The van der Waals surface area contributed by atoms with Crippen LogP contribution in [-0.2, 0) is 6.54 Å². The lowest BCUT2D eigenvalue weighted by atomic mass is 10.1. The van der Waals surface area contributed by atoms with Gasteiger partial charge >= 0.3 is 0 Å². The molecule has 0 saturated carbocycles. The second kappa shape index (κ2) is 7.57. The quantitative estimate of drug-likeness (QED) is 0.879. The molecule has 1 fully saturated rings.